The lowest BCUT2D eigenvalue weighted by atomic mass is 9.96. The van der Waals surface area contributed by atoms with Gasteiger partial charge in [-0.3, -0.25) is 4.79 Å². The molecule has 4 nitrogen and oxygen atoms in total. The van der Waals surface area contributed by atoms with Crippen molar-refractivity contribution in [2.45, 2.75) is 32.2 Å². The first-order valence-corrected chi connectivity index (χ1v) is 7.25. The number of piperidine rings is 1. The molecule has 2 aliphatic heterocycles. The average Bonchev–Trinajstić information content (AvgIpc) is 2.77. The zero-order chi connectivity index (χ0) is 13.1. The van der Waals surface area contributed by atoms with Gasteiger partial charge in [0.2, 0.25) is 5.91 Å². The van der Waals surface area contributed by atoms with E-state index in [0.717, 1.165) is 19.5 Å². The molecule has 2 rings (SSSR count). The van der Waals surface area contributed by atoms with Gasteiger partial charge in [0.25, 0.3) is 0 Å². The minimum absolute atomic E-state index is 0.0567. The van der Waals surface area contributed by atoms with Crippen LogP contribution in [0.25, 0.3) is 0 Å². The maximum absolute atomic E-state index is 12.3. The lowest BCUT2D eigenvalue weighted by molar-refractivity contribution is -0.133. The van der Waals surface area contributed by atoms with E-state index in [2.05, 4.69) is 24.2 Å². The third kappa shape index (κ3) is 3.23. The predicted octanol–water partition coefficient (Wildman–Crippen LogP) is 0.785. The summed E-state index contributed by atoms with van der Waals surface area (Å²) in [5.74, 6) is 1.46. The first-order chi connectivity index (χ1) is 8.58. The van der Waals surface area contributed by atoms with Gasteiger partial charge in [0.05, 0.1) is 6.04 Å². The van der Waals surface area contributed by atoms with Crippen molar-refractivity contribution in [1.29, 1.82) is 0 Å². The quantitative estimate of drug-likeness (QED) is 0.807. The molecule has 2 unspecified atom stereocenters. The number of nitrogens with one attached hydrogen (secondary N) is 1. The number of hydrogen-bond acceptors (Lipinski definition) is 3. The van der Waals surface area contributed by atoms with Crippen LogP contribution < -0.4 is 5.32 Å². The second-order valence-electron chi connectivity index (χ2n) is 6.16. The fraction of sp³-hybridized carbons (Fsp3) is 0.929. The topological polar surface area (TPSA) is 35.6 Å². The van der Waals surface area contributed by atoms with Crippen LogP contribution in [0.3, 0.4) is 0 Å². The van der Waals surface area contributed by atoms with Crippen LogP contribution in [0.1, 0.15) is 26.2 Å². The molecular formula is C14H27N3O. The van der Waals surface area contributed by atoms with Crippen molar-refractivity contribution < 1.29 is 4.79 Å². The molecule has 0 aliphatic carbocycles. The van der Waals surface area contributed by atoms with E-state index in [1.54, 1.807) is 0 Å². The molecular weight excluding hydrogens is 226 g/mol. The van der Waals surface area contributed by atoms with Crippen molar-refractivity contribution >= 4 is 5.91 Å². The maximum atomic E-state index is 12.3. The summed E-state index contributed by atoms with van der Waals surface area (Å²) in [6.45, 7) is 6.43. The van der Waals surface area contributed by atoms with Crippen LogP contribution in [0.2, 0.25) is 0 Å². The molecule has 0 radical (unpaired) electrons. The molecule has 104 valence electrons. The van der Waals surface area contributed by atoms with Crippen molar-refractivity contribution in [1.82, 2.24) is 15.1 Å². The highest BCUT2D eigenvalue weighted by Crippen LogP contribution is 2.20. The molecule has 2 saturated heterocycles. The molecule has 2 atom stereocenters. The summed E-state index contributed by atoms with van der Waals surface area (Å²) in [7, 11) is 4.14. The third-order valence-corrected chi connectivity index (χ3v) is 4.55. The molecule has 0 aromatic heterocycles. The second kappa shape index (κ2) is 6.02. The van der Waals surface area contributed by atoms with Crippen LogP contribution >= 0.6 is 0 Å². The normalized spacial score (nSPS) is 30.6. The van der Waals surface area contributed by atoms with Gasteiger partial charge in [-0.15, -0.1) is 0 Å². The van der Waals surface area contributed by atoms with Crippen LogP contribution in [0.5, 0.6) is 0 Å². The second-order valence-corrected chi connectivity index (χ2v) is 6.16. The molecule has 18 heavy (non-hydrogen) atoms. The summed E-state index contributed by atoms with van der Waals surface area (Å²) in [5, 5.41) is 3.33. The monoisotopic (exact) mass is 253 g/mol. The van der Waals surface area contributed by atoms with Crippen molar-refractivity contribution in [3.05, 3.63) is 0 Å². The van der Waals surface area contributed by atoms with E-state index in [0.29, 0.717) is 17.7 Å². The lowest BCUT2D eigenvalue weighted by Crippen LogP contribution is -2.46. The van der Waals surface area contributed by atoms with Gasteiger partial charge in [0, 0.05) is 13.6 Å². The number of carbonyl (C=O) groups is 1. The Morgan fingerprint density at radius 1 is 1.33 bits per heavy atom. The molecule has 2 aliphatic rings. The highest BCUT2D eigenvalue weighted by molar-refractivity contribution is 5.82. The zero-order valence-electron chi connectivity index (χ0n) is 12.0. The summed E-state index contributed by atoms with van der Waals surface area (Å²) >= 11 is 0. The van der Waals surface area contributed by atoms with Gasteiger partial charge in [-0.05, 0) is 57.8 Å². The molecule has 2 fully saturated rings. The van der Waals surface area contributed by atoms with Crippen LogP contribution in [0, 0.1) is 11.8 Å². The molecule has 0 spiro atoms. The number of hydrogen-bond donors (Lipinski definition) is 1. The fourth-order valence-electron chi connectivity index (χ4n) is 3.12. The van der Waals surface area contributed by atoms with Gasteiger partial charge in [-0.25, -0.2) is 0 Å². The first kappa shape index (κ1) is 13.8. The summed E-state index contributed by atoms with van der Waals surface area (Å²) in [5.41, 5.74) is 0. The number of carbonyl (C=O) groups excluding carboxylic acids is 1. The SMILES string of the molecule is CC1CCNC1C(=O)N(C)CC1CCN(C)CC1. The lowest BCUT2D eigenvalue weighted by Gasteiger charge is -2.32. The van der Waals surface area contributed by atoms with E-state index in [-0.39, 0.29) is 6.04 Å². The smallest absolute Gasteiger partial charge is 0.239 e. The van der Waals surface area contributed by atoms with Gasteiger partial charge in [0.1, 0.15) is 0 Å². The standard InChI is InChI=1S/C14H27N3O/c1-11-4-7-15-13(11)14(18)17(3)10-12-5-8-16(2)9-6-12/h11-13,15H,4-10H2,1-3H3. The molecule has 1 N–H and O–H groups in total. The van der Waals surface area contributed by atoms with Crippen LogP contribution in [-0.4, -0.2) is 62.0 Å². The summed E-state index contributed by atoms with van der Waals surface area (Å²) in [4.78, 5) is 16.7. The molecule has 0 saturated carbocycles. The molecule has 0 bridgehead atoms. The first-order valence-electron chi connectivity index (χ1n) is 7.25. The zero-order valence-corrected chi connectivity index (χ0v) is 12.0. The van der Waals surface area contributed by atoms with E-state index >= 15 is 0 Å². The number of amides is 1. The van der Waals surface area contributed by atoms with E-state index in [4.69, 9.17) is 0 Å². The molecule has 0 aromatic carbocycles. The van der Waals surface area contributed by atoms with Gasteiger partial charge in [-0.1, -0.05) is 6.92 Å². The van der Waals surface area contributed by atoms with E-state index in [9.17, 15) is 4.79 Å². The van der Waals surface area contributed by atoms with Crippen LogP contribution in [-0.2, 0) is 4.79 Å². The van der Waals surface area contributed by atoms with Crippen LogP contribution in [0.4, 0.5) is 0 Å². The molecule has 1 amide bonds. The Balaban J connectivity index is 1.80. The van der Waals surface area contributed by atoms with Gasteiger partial charge in [0.15, 0.2) is 0 Å². The minimum atomic E-state index is 0.0567. The maximum Gasteiger partial charge on any atom is 0.239 e. The van der Waals surface area contributed by atoms with Crippen molar-refractivity contribution in [2.75, 3.05) is 40.3 Å². The van der Waals surface area contributed by atoms with Crippen molar-refractivity contribution in [2.24, 2.45) is 11.8 Å². The minimum Gasteiger partial charge on any atom is -0.344 e. The Morgan fingerprint density at radius 3 is 2.56 bits per heavy atom. The molecule has 4 heteroatoms. The predicted molar refractivity (Wildman–Crippen MR) is 73.4 cm³/mol. The average molecular weight is 253 g/mol. The molecule has 0 aromatic rings. The number of nitrogens with zero attached hydrogens (tertiary/aromatic N) is 2. The molecule has 2 heterocycles. The Kier molecular flexibility index (Phi) is 4.62. The summed E-state index contributed by atoms with van der Waals surface area (Å²) in [6, 6.07) is 0.0567. The third-order valence-electron chi connectivity index (χ3n) is 4.55. The fourth-order valence-corrected chi connectivity index (χ4v) is 3.12. The van der Waals surface area contributed by atoms with Crippen LogP contribution in [0.15, 0.2) is 0 Å². The Bertz CT molecular complexity index is 287. The van der Waals surface area contributed by atoms with E-state index in [1.807, 2.05) is 11.9 Å². The number of likely N-dealkylation sites (N-methyl/N-ethyl adjacent to an activating group) is 1. The summed E-state index contributed by atoms with van der Waals surface area (Å²) < 4.78 is 0. The van der Waals surface area contributed by atoms with Gasteiger partial charge < -0.3 is 15.1 Å². The highest BCUT2D eigenvalue weighted by atomic mass is 16.2. The van der Waals surface area contributed by atoms with Crippen molar-refractivity contribution in [3.63, 3.8) is 0 Å². The highest BCUT2D eigenvalue weighted by Gasteiger charge is 2.32. The Hall–Kier alpha value is -0.610. The van der Waals surface area contributed by atoms with E-state index in [1.165, 1.54) is 25.9 Å². The number of likely N-dealkylation sites (tertiary alicyclic amines) is 1. The Labute approximate surface area is 111 Å². The van der Waals surface area contributed by atoms with Gasteiger partial charge in [-0.2, -0.15) is 0 Å². The van der Waals surface area contributed by atoms with Crippen molar-refractivity contribution in [3.8, 4) is 0 Å². The van der Waals surface area contributed by atoms with Gasteiger partial charge >= 0.3 is 0 Å². The number of rotatable bonds is 3. The largest absolute Gasteiger partial charge is 0.344 e. The Morgan fingerprint density at radius 2 is 2.00 bits per heavy atom. The van der Waals surface area contributed by atoms with E-state index < -0.39 is 0 Å². The summed E-state index contributed by atoms with van der Waals surface area (Å²) in [6.07, 6.45) is 3.57.